The van der Waals surface area contributed by atoms with Gasteiger partial charge >= 0.3 is 0 Å². The van der Waals surface area contributed by atoms with Crippen molar-refractivity contribution in [3.63, 3.8) is 0 Å². The molecule has 0 bridgehead atoms. The van der Waals surface area contributed by atoms with Crippen LogP contribution in [-0.2, 0) is 10.2 Å². The van der Waals surface area contributed by atoms with Gasteiger partial charge in [0.2, 0.25) is 5.91 Å². The molecule has 0 saturated heterocycles. The molecule has 2 amide bonds. The molecule has 2 aromatic heterocycles. The Hall–Kier alpha value is -3.00. The van der Waals surface area contributed by atoms with E-state index in [4.69, 9.17) is 0 Å². The number of nitrogens with zero attached hydrogens (tertiary/aromatic N) is 3. The number of carbonyl (C=O) groups is 2. The SMILES string of the molecule is CC(C)(C)c1ccc(N(C(=O)c2cnc[nH]2)C(C(=O)NC2CCCCC2)c2cccnc2Br)cc1. The summed E-state index contributed by atoms with van der Waals surface area (Å²) in [5.41, 5.74) is 2.65. The summed E-state index contributed by atoms with van der Waals surface area (Å²) in [6.45, 7) is 6.42. The monoisotopic (exact) mass is 537 g/mol. The highest BCUT2D eigenvalue weighted by atomic mass is 79.9. The summed E-state index contributed by atoms with van der Waals surface area (Å²) in [6, 6.07) is 10.6. The van der Waals surface area contributed by atoms with Crippen molar-refractivity contribution in [1.82, 2.24) is 20.3 Å². The minimum absolute atomic E-state index is 0.0408. The molecule has 0 aliphatic heterocycles. The van der Waals surface area contributed by atoms with Crippen LogP contribution in [0.25, 0.3) is 0 Å². The molecule has 1 aliphatic rings. The second-order valence-electron chi connectivity index (χ2n) is 10.1. The summed E-state index contributed by atoms with van der Waals surface area (Å²) >= 11 is 3.52. The van der Waals surface area contributed by atoms with Crippen molar-refractivity contribution < 1.29 is 9.59 Å². The van der Waals surface area contributed by atoms with E-state index in [1.54, 1.807) is 17.2 Å². The molecule has 184 valence electrons. The predicted octanol–water partition coefficient (Wildman–Crippen LogP) is 5.70. The van der Waals surface area contributed by atoms with E-state index in [-0.39, 0.29) is 23.3 Å². The van der Waals surface area contributed by atoms with Crippen molar-refractivity contribution in [1.29, 1.82) is 0 Å². The third-order valence-electron chi connectivity index (χ3n) is 6.50. The molecule has 1 aliphatic carbocycles. The van der Waals surface area contributed by atoms with E-state index in [0.717, 1.165) is 31.2 Å². The van der Waals surface area contributed by atoms with Crippen LogP contribution in [0.1, 0.15) is 80.5 Å². The summed E-state index contributed by atoms with van der Waals surface area (Å²) in [4.78, 5) is 40.6. The first-order valence-corrected chi connectivity index (χ1v) is 12.9. The Labute approximate surface area is 214 Å². The molecule has 4 rings (SSSR count). The van der Waals surface area contributed by atoms with Gasteiger partial charge in [0, 0.05) is 23.5 Å². The second-order valence-corrected chi connectivity index (χ2v) is 10.8. The van der Waals surface area contributed by atoms with Crippen molar-refractivity contribution in [3.8, 4) is 0 Å². The predicted molar refractivity (Wildman–Crippen MR) is 140 cm³/mol. The van der Waals surface area contributed by atoms with Gasteiger partial charge in [-0.25, -0.2) is 9.97 Å². The fourth-order valence-electron chi connectivity index (χ4n) is 4.54. The van der Waals surface area contributed by atoms with Crippen LogP contribution in [0, 0.1) is 0 Å². The molecule has 7 nitrogen and oxygen atoms in total. The summed E-state index contributed by atoms with van der Waals surface area (Å²) in [5.74, 6) is -0.566. The molecule has 2 N–H and O–H groups in total. The molecule has 1 atom stereocenters. The standard InChI is InChI=1S/C27H32BrN5O2/c1-27(2,3)18-11-13-20(14-12-18)33(26(35)22-16-29-17-31-22)23(21-10-7-15-30-24(21)28)25(34)32-19-8-5-4-6-9-19/h7,10-17,19,23H,4-6,8-9H2,1-3H3,(H,29,31)(H,32,34). The zero-order valence-electron chi connectivity index (χ0n) is 20.4. The highest BCUT2D eigenvalue weighted by Gasteiger charge is 2.36. The number of H-pyrrole nitrogens is 1. The van der Waals surface area contributed by atoms with Crippen LogP contribution < -0.4 is 10.2 Å². The zero-order chi connectivity index (χ0) is 25.0. The fourth-order valence-corrected chi connectivity index (χ4v) is 5.00. The minimum Gasteiger partial charge on any atom is -0.351 e. The maximum atomic E-state index is 13.9. The van der Waals surface area contributed by atoms with Gasteiger partial charge in [0.25, 0.3) is 5.91 Å². The highest BCUT2D eigenvalue weighted by Crippen LogP contribution is 2.34. The Balaban J connectivity index is 1.81. The largest absolute Gasteiger partial charge is 0.351 e. The summed E-state index contributed by atoms with van der Waals surface area (Å²) in [6.07, 6.45) is 9.87. The van der Waals surface area contributed by atoms with Crippen LogP contribution in [-0.4, -0.2) is 32.8 Å². The smallest absolute Gasteiger partial charge is 0.277 e. The van der Waals surface area contributed by atoms with Crippen molar-refractivity contribution in [3.05, 3.63) is 76.5 Å². The van der Waals surface area contributed by atoms with Crippen molar-refractivity contribution in [2.75, 3.05) is 4.90 Å². The molecule has 1 fully saturated rings. The lowest BCUT2D eigenvalue weighted by Gasteiger charge is -2.33. The summed E-state index contributed by atoms with van der Waals surface area (Å²) in [5, 5.41) is 3.22. The molecule has 0 radical (unpaired) electrons. The van der Waals surface area contributed by atoms with Gasteiger partial charge in [0.1, 0.15) is 16.3 Å². The Morgan fingerprint density at radius 3 is 2.43 bits per heavy atom. The number of anilines is 1. The lowest BCUT2D eigenvalue weighted by atomic mass is 9.87. The molecule has 35 heavy (non-hydrogen) atoms. The normalized spacial score (nSPS) is 15.4. The fraction of sp³-hybridized carbons (Fsp3) is 0.407. The number of aromatic nitrogens is 3. The number of nitrogens with one attached hydrogen (secondary N) is 2. The Morgan fingerprint density at radius 1 is 1.11 bits per heavy atom. The molecule has 2 heterocycles. The van der Waals surface area contributed by atoms with Crippen LogP contribution in [0.4, 0.5) is 5.69 Å². The van der Waals surface area contributed by atoms with Gasteiger partial charge < -0.3 is 10.3 Å². The number of rotatable bonds is 6. The van der Waals surface area contributed by atoms with E-state index in [1.807, 2.05) is 30.3 Å². The third-order valence-corrected chi connectivity index (χ3v) is 7.16. The highest BCUT2D eigenvalue weighted by molar-refractivity contribution is 9.10. The first-order valence-electron chi connectivity index (χ1n) is 12.1. The van der Waals surface area contributed by atoms with Gasteiger partial charge in [0.15, 0.2) is 0 Å². The van der Waals surface area contributed by atoms with Gasteiger partial charge in [-0.1, -0.05) is 58.2 Å². The van der Waals surface area contributed by atoms with Crippen molar-refractivity contribution in [2.24, 2.45) is 0 Å². The molecule has 0 spiro atoms. The zero-order valence-corrected chi connectivity index (χ0v) is 22.0. The van der Waals surface area contributed by atoms with Crippen LogP contribution >= 0.6 is 15.9 Å². The molecule has 1 saturated carbocycles. The van der Waals surface area contributed by atoms with Crippen LogP contribution in [0.5, 0.6) is 0 Å². The van der Waals surface area contributed by atoms with Gasteiger partial charge in [-0.3, -0.25) is 14.5 Å². The van der Waals surface area contributed by atoms with E-state index in [1.165, 1.54) is 18.9 Å². The number of hydrogen-bond acceptors (Lipinski definition) is 4. The first kappa shape index (κ1) is 25.1. The first-order chi connectivity index (χ1) is 16.8. The van der Waals surface area contributed by atoms with Crippen LogP contribution in [0.15, 0.2) is 59.7 Å². The molecular formula is C27H32BrN5O2. The van der Waals surface area contributed by atoms with Crippen molar-refractivity contribution in [2.45, 2.75) is 70.4 Å². The minimum atomic E-state index is -0.920. The third kappa shape index (κ3) is 5.81. The topological polar surface area (TPSA) is 91.0 Å². The van der Waals surface area contributed by atoms with E-state index in [0.29, 0.717) is 21.5 Å². The molecule has 1 aromatic carbocycles. The molecule has 3 aromatic rings. The van der Waals surface area contributed by atoms with Crippen LogP contribution in [0.3, 0.4) is 0 Å². The molecule has 8 heteroatoms. The number of imidazole rings is 1. The Morgan fingerprint density at radius 2 is 1.83 bits per heavy atom. The van der Waals surface area contributed by atoms with Crippen LogP contribution in [0.2, 0.25) is 0 Å². The van der Waals surface area contributed by atoms with E-state index in [2.05, 4.69) is 57.0 Å². The second kappa shape index (κ2) is 10.7. The van der Waals surface area contributed by atoms with E-state index >= 15 is 0 Å². The van der Waals surface area contributed by atoms with Crippen molar-refractivity contribution >= 4 is 33.4 Å². The lowest BCUT2D eigenvalue weighted by molar-refractivity contribution is -0.123. The number of amides is 2. The molecule has 1 unspecified atom stereocenters. The molecular weight excluding hydrogens is 506 g/mol. The number of pyridine rings is 1. The lowest BCUT2D eigenvalue weighted by Crippen LogP contribution is -2.47. The van der Waals surface area contributed by atoms with Gasteiger partial charge in [0.05, 0.1) is 12.5 Å². The Bertz CT molecular complexity index is 1150. The number of benzene rings is 1. The number of carbonyl (C=O) groups excluding carboxylic acids is 2. The average molecular weight is 538 g/mol. The average Bonchev–Trinajstić information content (AvgIpc) is 3.38. The van der Waals surface area contributed by atoms with Gasteiger partial charge in [-0.2, -0.15) is 0 Å². The maximum Gasteiger partial charge on any atom is 0.277 e. The quantitative estimate of drug-likeness (QED) is 0.394. The van der Waals surface area contributed by atoms with E-state index < -0.39 is 6.04 Å². The van der Waals surface area contributed by atoms with E-state index in [9.17, 15) is 9.59 Å². The Kier molecular flexibility index (Phi) is 7.69. The number of halogens is 1. The van der Waals surface area contributed by atoms with Gasteiger partial charge in [-0.05, 0) is 57.9 Å². The van der Waals surface area contributed by atoms with Gasteiger partial charge in [-0.15, -0.1) is 0 Å². The maximum absolute atomic E-state index is 13.9. The number of aromatic amines is 1. The summed E-state index contributed by atoms with van der Waals surface area (Å²) in [7, 11) is 0. The number of hydrogen-bond donors (Lipinski definition) is 2. The summed E-state index contributed by atoms with van der Waals surface area (Å²) < 4.78 is 0.525.